The number of benzene rings is 2. The number of piperidine rings is 1. The molecule has 1 saturated heterocycles. The van der Waals surface area contributed by atoms with Gasteiger partial charge >= 0.3 is 13.6 Å². The average molecular weight is 637 g/mol. The summed E-state index contributed by atoms with van der Waals surface area (Å²) in [6.45, 7) is 4.06. The number of halogens is 2. The second kappa shape index (κ2) is 13.7. The Hall–Kier alpha value is -3.41. The maximum absolute atomic E-state index is 14.1. The highest BCUT2D eigenvalue weighted by molar-refractivity contribution is 7.54. The predicted molar refractivity (Wildman–Crippen MR) is 159 cm³/mol. The van der Waals surface area contributed by atoms with Crippen molar-refractivity contribution in [3.63, 3.8) is 0 Å². The van der Waals surface area contributed by atoms with Crippen LogP contribution in [0.15, 0.2) is 48.7 Å². The fourth-order valence-corrected chi connectivity index (χ4v) is 7.03. The van der Waals surface area contributed by atoms with Crippen LogP contribution in [0, 0.1) is 6.92 Å². The van der Waals surface area contributed by atoms with Gasteiger partial charge in [0.15, 0.2) is 5.69 Å². The zero-order valence-electron chi connectivity index (χ0n) is 23.1. The van der Waals surface area contributed by atoms with Gasteiger partial charge in [0.2, 0.25) is 0 Å². The smallest absolute Gasteiger partial charge is 0.393 e. The van der Waals surface area contributed by atoms with Gasteiger partial charge < -0.3 is 19.9 Å². The van der Waals surface area contributed by atoms with Crippen LogP contribution in [0.2, 0.25) is 10.0 Å². The Morgan fingerprint density at radius 1 is 1.07 bits per heavy atom. The summed E-state index contributed by atoms with van der Waals surface area (Å²) in [5.41, 5.74) is 1.23. The molecule has 0 radical (unpaired) electrons. The molecule has 12 nitrogen and oxygen atoms in total. The molecule has 1 fully saturated rings. The normalized spacial score (nSPS) is 16.2. The van der Waals surface area contributed by atoms with E-state index in [2.05, 4.69) is 25.9 Å². The molecule has 42 heavy (non-hydrogen) atoms. The second-order valence-electron chi connectivity index (χ2n) is 9.70. The molecule has 1 unspecified atom stereocenters. The number of esters is 1. The number of nitrogens with zero attached hydrogens (tertiary/aromatic N) is 2. The van der Waals surface area contributed by atoms with Gasteiger partial charge in [-0.1, -0.05) is 47.0 Å². The highest BCUT2D eigenvalue weighted by atomic mass is 35.5. The van der Waals surface area contributed by atoms with Crippen LogP contribution in [0.5, 0.6) is 5.75 Å². The van der Waals surface area contributed by atoms with Gasteiger partial charge in [-0.2, -0.15) is 5.10 Å². The number of amides is 2. The quantitative estimate of drug-likeness (QED) is 0.181. The molecule has 15 heteroatoms. The van der Waals surface area contributed by atoms with E-state index in [9.17, 15) is 18.9 Å². The molecule has 1 aromatic heterocycles. The van der Waals surface area contributed by atoms with Crippen LogP contribution in [-0.4, -0.2) is 64.9 Å². The van der Waals surface area contributed by atoms with Crippen LogP contribution < -0.4 is 20.2 Å². The van der Waals surface area contributed by atoms with Crippen molar-refractivity contribution in [2.75, 3.05) is 25.5 Å². The topological polar surface area (TPSA) is 155 Å². The number of aromatic nitrogens is 2. The van der Waals surface area contributed by atoms with Crippen LogP contribution in [0.3, 0.4) is 0 Å². The summed E-state index contributed by atoms with van der Waals surface area (Å²) in [7, 11) is -2.49. The zero-order valence-corrected chi connectivity index (χ0v) is 25.6. The fraction of sp³-hybridized carbons (Fsp3) is 0.333. The number of methoxy groups -OCH3 is 1. The minimum atomic E-state index is -3.74. The first-order valence-electron chi connectivity index (χ1n) is 13.1. The van der Waals surface area contributed by atoms with Gasteiger partial charge in [-0.25, -0.2) is 14.3 Å². The van der Waals surface area contributed by atoms with Gasteiger partial charge in [-0.05, 0) is 51.0 Å². The number of anilines is 1. The Morgan fingerprint density at radius 3 is 2.33 bits per heavy atom. The second-order valence-corrected chi connectivity index (χ2v) is 12.6. The fourth-order valence-electron chi connectivity index (χ4n) is 4.37. The Morgan fingerprint density at radius 2 is 1.71 bits per heavy atom. The zero-order chi connectivity index (χ0) is 30.4. The number of carbonyl (C=O) groups excluding carboxylic acids is 3. The number of hydrogen-bond donors (Lipinski definition) is 4. The Bertz CT molecular complexity index is 1470. The summed E-state index contributed by atoms with van der Waals surface area (Å²) in [6.07, 6.45) is 2.25. The molecule has 4 rings (SSSR count). The average Bonchev–Trinajstić information content (AvgIpc) is 3.42. The number of rotatable bonds is 10. The largest absolute Gasteiger partial charge is 0.468 e. The lowest BCUT2D eigenvalue weighted by Crippen LogP contribution is -2.47. The summed E-state index contributed by atoms with van der Waals surface area (Å²) in [6, 6.07) is 10.6. The van der Waals surface area contributed by atoms with E-state index in [1.54, 1.807) is 29.8 Å². The van der Waals surface area contributed by atoms with Crippen molar-refractivity contribution >= 4 is 54.3 Å². The number of ether oxygens (including phenoxy) is 1. The lowest BCUT2D eigenvalue weighted by atomic mass is 10.1. The molecular weight excluding hydrogens is 606 g/mol. The predicted octanol–water partition coefficient (Wildman–Crippen LogP) is 4.81. The summed E-state index contributed by atoms with van der Waals surface area (Å²) >= 11 is 12.3. The van der Waals surface area contributed by atoms with Crippen molar-refractivity contribution in [1.82, 2.24) is 25.3 Å². The first-order chi connectivity index (χ1) is 20.0. The van der Waals surface area contributed by atoms with Gasteiger partial charge in [0.05, 0.1) is 28.4 Å². The molecule has 4 N–H and O–H groups in total. The maximum Gasteiger partial charge on any atom is 0.393 e. The van der Waals surface area contributed by atoms with E-state index < -0.39 is 31.5 Å². The van der Waals surface area contributed by atoms with Crippen molar-refractivity contribution in [3.05, 3.63) is 75.5 Å². The molecular formula is C27H31Cl2N6O6P. The lowest BCUT2D eigenvalue weighted by Gasteiger charge is -2.37. The molecule has 0 aliphatic carbocycles. The first-order valence-corrected chi connectivity index (χ1v) is 15.4. The minimum absolute atomic E-state index is 0.0177. The van der Waals surface area contributed by atoms with E-state index in [1.807, 2.05) is 19.1 Å². The van der Waals surface area contributed by atoms with Gasteiger partial charge in [0, 0.05) is 25.3 Å². The van der Waals surface area contributed by atoms with E-state index in [0.717, 1.165) is 5.56 Å². The summed E-state index contributed by atoms with van der Waals surface area (Å²) < 4.78 is 26.5. The number of hydrogen-bond acceptors (Lipinski definition) is 7. The van der Waals surface area contributed by atoms with Crippen LogP contribution in [0.1, 0.15) is 46.2 Å². The summed E-state index contributed by atoms with van der Waals surface area (Å²) in [5.74, 6) is -1.29. The van der Waals surface area contributed by atoms with E-state index >= 15 is 0 Å². The van der Waals surface area contributed by atoms with E-state index in [-0.39, 0.29) is 33.0 Å². The molecule has 2 amide bonds. The van der Waals surface area contributed by atoms with Crippen LogP contribution >= 0.6 is 30.9 Å². The van der Waals surface area contributed by atoms with Gasteiger partial charge in [-0.15, -0.1) is 0 Å². The third kappa shape index (κ3) is 7.50. The van der Waals surface area contributed by atoms with E-state index in [1.165, 1.54) is 25.4 Å². The molecule has 3 aromatic rings. The molecule has 0 bridgehead atoms. The van der Waals surface area contributed by atoms with Crippen molar-refractivity contribution < 1.29 is 28.2 Å². The molecule has 1 aliphatic rings. The van der Waals surface area contributed by atoms with Crippen molar-refractivity contribution in [1.29, 1.82) is 0 Å². The third-order valence-corrected chi connectivity index (χ3v) is 9.58. The van der Waals surface area contributed by atoms with Crippen molar-refractivity contribution in [2.45, 2.75) is 38.8 Å². The Labute approximate surface area is 253 Å². The van der Waals surface area contributed by atoms with Gasteiger partial charge in [0.25, 0.3) is 11.8 Å². The minimum Gasteiger partial charge on any atom is -0.468 e. The molecule has 2 heterocycles. The number of H-pyrrole nitrogens is 1. The van der Waals surface area contributed by atoms with Crippen LogP contribution in [-0.2, 0) is 14.1 Å². The highest BCUT2D eigenvalue weighted by Gasteiger charge is 2.39. The molecule has 2 aromatic carbocycles. The van der Waals surface area contributed by atoms with E-state index in [0.29, 0.717) is 31.7 Å². The third-order valence-electron chi connectivity index (χ3n) is 6.63. The van der Waals surface area contributed by atoms with Crippen LogP contribution in [0.4, 0.5) is 5.69 Å². The molecule has 224 valence electrons. The van der Waals surface area contributed by atoms with Gasteiger partial charge in [0.1, 0.15) is 11.8 Å². The number of aromatic amines is 1. The summed E-state index contributed by atoms with van der Waals surface area (Å²) in [5, 5.41) is 15.3. The number of nitrogens with one attached hydrogen (secondary N) is 4. The van der Waals surface area contributed by atoms with E-state index in [4.69, 9.17) is 32.5 Å². The number of aryl methyl sites for hydroxylation is 1. The maximum atomic E-state index is 14.1. The van der Waals surface area contributed by atoms with Crippen molar-refractivity contribution in [2.24, 2.45) is 0 Å². The molecule has 2 atom stereocenters. The standard InChI is InChI=1S/C27H31Cl2N6O6P/c1-16-7-9-19(10-8-16)41-42(39,34-17(2)27(38)40-3)35-13-11-18(12-14-35)31-26(37)24-22(15-30-33-24)32-25(36)23-20(28)5-4-6-21(23)29/h4-10,15,17-18H,11-14H2,1-3H3,(H,30,33)(H,31,37)(H,32,36)(H,34,39)/t17-,42?/m0/s1. The molecule has 0 saturated carbocycles. The Balaban J connectivity index is 1.41. The van der Waals surface area contributed by atoms with Gasteiger partial charge in [-0.3, -0.25) is 19.5 Å². The number of carbonyl (C=O) groups is 3. The molecule has 0 spiro atoms. The highest BCUT2D eigenvalue weighted by Crippen LogP contribution is 2.49. The monoisotopic (exact) mass is 636 g/mol. The van der Waals surface area contributed by atoms with Crippen molar-refractivity contribution in [3.8, 4) is 5.75 Å². The lowest BCUT2D eigenvalue weighted by molar-refractivity contribution is -0.142. The van der Waals surface area contributed by atoms with Crippen LogP contribution in [0.25, 0.3) is 0 Å². The Kier molecular flexibility index (Phi) is 10.3. The summed E-state index contributed by atoms with van der Waals surface area (Å²) in [4.78, 5) is 38.0. The SMILES string of the molecule is COC(=O)[C@H](C)NP(=O)(Oc1ccc(C)cc1)N1CCC(NC(=O)c2n[nH]cc2NC(=O)c2c(Cl)cccc2Cl)CC1. The molecule has 1 aliphatic heterocycles. The first kappa shape index (κ1) is 31.5.